The van der Waals surface area contributed by atoms with Gasteiger partial charge in [0.25, 0.3) is 0 Å². The summed E-state index contributed by atoms with van der Waals surface area (Å²) in [5.41, 5.74) is 1.36. The summed E-state index contributed by atoms with van der Waals surface area (Å²) in [4.78, 5) is 12.4. The molecule has 0 unspecified atom stereocenters. The summed E-state index contributed by atoms with van der Waals surface area (Å²) >= 11 is 0. The molecule has 0 aromatic rings. The smallest absolute Gasteiger partial charge is 0.249 e. The van der Waals surface area contributed by atoms with Gasteiger partial charge in [-0.3, -0.25) is 4.79 Å². The molecule has 0 aliphatic carbocycles. The molecular formula is C35H67NO4. The molecule has 5 nitrogen and oxygen atoms in total. The van der Waals surface area contributed by atoms with Gasteiger partial charge in [0, 0.05) is 0 Å². The Kier molecular flexibility index (Phi) is 28.5. The lowest BCUT2D eigenvalue weighted by molar-refractivity contribution is -0.131. The largest absolute Gasteiger partial charge is 0.394 e. The average Bonchev–Trinajstić information content (AvgIpc) is 2.95. The van der Waals surface area contributed by atoms with Crippen LogP contribution in [0.3, 0.4) is 0 Å². The van der Waals surface area contributed by atoms with Crippen molar-refractivity contribution in [2.75, 3.05) is 6.61 Å². The molecule has 0 aromatic carbocycles. The van der Waals surface area contributed by atoms with E-state index in [1.54, 1.807) is 6.08 Å². The van der Waals surface area contributed by atoms with E-state index in [4.69, 9.17) is 0 Å². The van der Waals surface area contributed by atoms with Crippen molar-refractivity contribution in [2.24, 2.45) is 0 Å². The number of allylic oxidation sites excluding steroid dienone is 3. The summed E-state index contributed by atoms with van der Waals surface area (Å²) in [6, 6.07) is -0.811. The zero-order chi connectivity index (χ0) is 29.7. The highest BCUT2D eigenvalue weighted by Gasteiger charge is 2.22. The third-order valence-corrected chi connectivity index (χ3v) is 7.91. The van der Waals surface area contributed by atoms with Gasteiger partial charge < -0.3 is 20.6 Å². The van der Waals surface area contributed by atoms with Crippen LogP contribution in [-0.2, 0) is 4.79 Å². The van der Waals surface area contributed by atoms with Crippen molar-refractivity contribution in [3.63, 3.8) is 0 Å². The first-order valence-electron chi connectivity index (χ1n) is 17.1. The van der Waals surface area contributed by atoms with Gasteiger partial charge in [0.1, 0.15) is 6.10 Å². The van der Waals surface area contributed by atoms with Crippen molar-refractivity contribution in [3.05, 3.63) is 23.8 Å². The molecule has 0 aliphatic heterocycles. The number of rotatable bonds is 29. The predicted molar refractivity (Wildman–Crippen MR) is 171 cm³/mol. The highest BCUT2D eigenvalue weighted by molar-refractivity contribution is 5.80. The minimum absolute atomic E-state index is 0.375. The second-order valence-corrected chi connectivity index (χ2v) is 11.9. The Morgan fingerprint density at radius 3 is 1.68 bits per heavy atom. The molecule has 5 heteroatoms. The summed E-state index contributed by atoms with van der Waals surface area (Å²) in [6.07, 6.45) is 31.2. The first-order valence-corrected chi connectivity index (χ1v) is 17.1. The fraction of sp³-hybridized carbons (Fsp3) is 0.857. The predicted octanol–water partition coefficient (Wildman–Crippen LogP) is 8.70. The van der Waals surface area contributed by atoms with E-state index in [9.17, 15) is 20.1 Å². The van der Waals surface area contributed by atoms with Crippen molar-refractivity contribution < 1.29 is 20.1 Å². The van der Waals surface area contributed by atoms with E-state index < -0.39 is 24.2 Å². The first-order chi connectivity index (χ1) is 19.5. The fourth-order valence-corrected chi connectivity index (χ4v) is 5.06. The van der Waals surface area contributed by atoms with Crippen molar-refractivity contribution in [2.45, 2.75) is 187 Å². The summed E-state index contributed by atoms with van der Waals surface area (Å²) < 4.78 is 0. The van der Waals surface area contributed by atoms with E-state index in [1.807, 2.05) is 6.08 Å². The molecule has 0 aromatic heterocycles. The lowest BCUT2D eigenvalue weighted by Crippen LogP contribution is -2.48. The van der Waals surface area contributed by atoms with Crippen LogP contribution >= 0.6 is 0 Å². The fourth-order valence-electron chi connectivity index (χ4n) is 5.06. The van der Waals surface area contributed by atoms with Gasteiger partial charge in [-0.1, -0.05) is 153 Å². The van der Waals surface area contributed by atoms with Crippen LogP contribution in [-0.4, -0.2) is 46.1 Å². The Morgan fingerprint density at radius 2 is 1.18 bits per heavy atom. The molecule has 40 heavy (non-hydrogen) atoms. The number of hydrogen-bond acceptors (Lipinski definition) is 4. The number of amides is 1. The lowest BCUT2D eigenvalue weighted by Gasteiger charge is -2.21. The van der Waals surface area contributed by atoms with E-state index in [-0.39, 0.29) is 6.61 Å². The van der Waals surface area contributed by atoms with E-state index in [0.717, 1.165) is 38.5 Å². The molecule has 0 bridgehead atoms. The van der Waals surface area contributed by atoms with Gasteiger partial charge >= 0.3 is 0 Å². The highest BCUT2D eigenvalue weighted by Crippen LogP contribution is 2.14. The summed E-state index contributed by atoms with van der Waals surface area (Å²) in [5, 5.41) is 32.9. The third kappa shape index (κ3) is 24.6. The minimum atomic E-state index is -1.10. The average molecular weight is 566 g/mol. The molecule has 4 N–H and O–H groups in total. The van der Waals surface area contributed by atoms with Gasteiger partial charge in [0.2, 0.25) is 5.91 Å². The van der Waals surface area contributed by atoms with Crippen LogP contribution in [0.15, 0.2) is 23.8 Å². The number of hydrogen-bond donors (Lipinski definition) is 4. The molecule has 1 amide bonds. The van der Waals surface area contributed by atoms with Gasteiger partial charge in [0.05, 0.1) is 18.8 Å². The van der Waals surface area contributed by atoms with Crippen LogP contribution in [0, 0.1) is 0 Å². The zero-order valence-corrected chi connectivity index (χ0v) is 26.7. The zero-order valence-electron chi connectivity index (χ0n) is 26.7. The van der Waals surface area contributed by atoms with Gasteiger partial charge in [-0.05, 0) is 39.0 Å². The topological polar surface area (TPSA) is 89.8 Å². The summed E-state index contributed by atoms with van der Waals surface area (Å²) in [7, 11) is 0. The second kappa shape index (κ2) is 29.3. The Balaban J connectivity index is 3.96. The van der Waals surface area contributed by atoms with Crippen molar-refractivity contribution in [3.8, 4) is 0 Å². The van der Waals surface area contributed by atoms with Crippen LogP contribution in [0.1, 0.15) is 168 Å². The highest BCUT2D eigenvalue weighted by atomic mass is 16.3. The Bertz CT molecular complexity index is 619. The van der Waals surface area contributed by atoms with Gasteiger partial charge in [-0.15, -0.1) is 0 Å². The van der Waals surface area contributed by atoms with Crippen LogP contribution < -0.4 is 5.32 Å². The Morgan fingerprint density at radius 1 is 0.700 bits per heavy atom. The molecule has 0 rings (SSSR count). The first kappa shape index (κ1) is 38.8. The number of carbonyl (C=O) groups excluding carboxylic acids is 1. The molecule has 236 valence electrons. The van der Waals surface area contributed by atoms with Crippen LogP contribution in [0.2, 0.25) is 0 Å². The minimum Gasteiger partial charge on any atom is -0.394 e. The number of aliphatic hydroxyl groups excluding tert-OH is 3. The number of aliphatic hydroxyl groups is 3. The maximum absolute atomic E-state index is 12.4. The van der Waals surface area contributed by atoms with Crippen LogP contribution in [0.5, 0.6) is 0 Å². The number of nitrogens with one attached hydrogen (secondary N) is 1. The lowest BCUT2D eigenvalue weighted by atomic mass is 10.0. The molecule has 0 spiro atoms. The molecule has 0 radical (unpaired) electrons. The summed E-state index contributed by atoms with van der Waals surface area (Å²) in [5.74, 6) is -0.515. The Labute approximate surface area is 248 Å². The molecule has 0 heterocycles. The molecule has 0 aliphatic rings. The van der Waals surface area contributed by atoms with Gasteiger partial charge in [-0.2, -0.15) is 0 Å². The van der Waals surface area contributed by atoms with Crippen LogP contribution in [0.25, 0.3) is 0 Å². The van der Waals surface area contributed by atoms with E-state index >= 15 is 0 Å². The third-order valence-electron chi connectivity index (χ3n) is 7.91. The quantitative estimate of drug-likeness (QED) is 0.0539. The maximum Gasteiger partial charge on any atom is 0.249 e. The molecule has 0 saturated heterocycles. The standard InChI is InChI=1S/C35H67NO4/c1-4-6-8-10-12-14-15-16-17-19-21-23-29-34(39)35(40)36-32(30-37)33(38)28-25-24-27-31(3)26-22-20-18-13-11-9-7-5-2/h25-26,28,32-34,37-39H,4-24,27,29-30H2,1-3H3,(H,36,40)/b28-25+,31-26+/t32-,33+,34+/m0/s1. The monoisotopic (exact) mass is 566 g/mol. The van der Waals surface area contributed by atoms with Gasteiger partial charge in [0.15, 0.2) is 0 Å². The van der Waals surface area contributed by atoms with Crippen molar-refractivity contribution >= 4 is 5.91 Å². The van der Waals surface area contributed by atoms with Crippen molar-refractivity contribution in [1.82, 2.24) is 5.32 Å². The number of unbranched alkanes of at least 4 members (excludes halogenated alkanes) is 18. The normalized spacial score (nSPS) is 14.5. The van der Waals surface area contributed by atoms with E-state index in [1.165, 1.54) is 108 Å². The molecule has 3 atom stereocenters. The molecule has 0 fully saturated rings. The second-order valence-electron chi connectivity index (χ2n) is 11.9. The SMILES string of the molecule is CCCCCCCCC/C=C(\C)CC/C=C/[C@@H](O)[C@H](CO)NC(=O)[C@H](O)CCCCCCCCCCCCCC. The van der Waals surface area contributed by atoms with Gasteiger partial charge in [-0.25, -0.2) is 0 Å². The summed E-state index contributed by atoms with van der Waals surface area (Å²) in [6.45, 7) is 6.28. The van der Waals surface area contributed by atoms with Crippen molar-refractivity contribution in [1.29, 1.82) is 0 Å². The Hall–Kier alpha value is -1.17. The van der Waals surface area contributed by atoms with E-state index in [0.29, 0.717) is 6.42 Å². The molecule has 0 saturated carbocycles. The number of carbonyl (C=O) groups is 1. The van der Waals surface area contributed by atoms with Crippen LogP contribution in [0.4, 0.5) is 0 Å². The van der Waals surface area contributed by atoms with E-state index in [2.05, 4.69) is 32.2 Å². The maximum atomic E-state index is 12.4. The molecular weight excluding hydrogens is 498 g/mol.